The van der Waals surface area contributed by atoms with Crippen LogP contribution < -0.4 is 4.72 Å². The van der Waals surface area contributed by atoms with Crippen molar-refractivity contribution in [1.82, 2.24) is 4.98 Å². The number of halogens is 3. The number of cyclic esters (lactones) is 1. The summed E-state index contributed by atoms with van der Waals surface area (Å²) in [5, 5.41) is 0.374. The summed E-state index contributed by atoms with van der Waals surface area (Å²) in [7, 11) is 0. The summed E-state index contributed by atoms with van der Waals surface area (Å²) >= 11 is 1.07. The van der Waals surface area contributed by atoms with Crippen molar-refractivity contribution in [3.05, 3.63) is 65.1 Å². The monoisotopic (exact) mass is 494 g/mol. The van der Waals surface area contributed by atoms with Gasteiger partial charge in [0.25, 0.3) is 0 Å². The first-order chi connectivity index (χ1) is 16.2. The normalized spacial score (nSPS) is 16.3. The summed E-state index contributed by atoms with van der Waals surface area (Å²) in [6.07, 6.45) is -1.68. The number of hydrogen-bond donors (Lipinski definition) is 1. The maximum Gasteiger partial charge on any atom is 0.417 e. The predicted octanol–water partition coefficient (Wildman–Crippen LogP) is 5.74. The first kappa shape index (κ1) is 25.6. The third-order valence-electron chi connectivity index (χ3n) is 4.98. The molecular formula is C24H25F3N2O4S. The van der Waals surface area contributed by atoms with Crippen molar-refractivity contribution in [3.8, 4) is 0 Å². The zero-order valence-electron chi connectivity index (χ0n) is 18.8. The molecule has 182 valence electrons. The number of benzene rings is 1. The van der Waals surface area contributed by atoms with E-state index in [1.165, 1.54) is 13.0 Å². The van der Waals surface area contributed by atoms with E-state index in [2.05, 4.69) is 9.71 Å². The van der Waals surface area contributed by atoms with Crippen LogP contribution in [0.5, 0.6) is 0 Å². The number of ether oxygens (including phenoxy) is 2. The Morgan fingerprint density at radius 1 is 1.29 bits per heavy atom. The lowest BCUT2D eigenvalue weighted by atomic mass is 9.97. The molecule has 0 aliphatic carbocycles. The number of rotatable bonds is 10. The fraction of sp³-hybridized carbons (Fsp3) is 0.375. The van der Waals surface area contributed by atoms with E-state index < -0.39 is 17.7 Å². The largest absolute Gasteiger partial charge is 0.489 e. The minimum atomic E-state index is -4.43. The van der Waals surface area contributed by atoms with Gasteiger partial charge in [-0.25, -0.2) is 9.78 Å². The second-order valence-corrected chi connectivity index (χ2v) is 8.70. The number of Topliss-reactive ketones (excluding diaryl/α,β-unsaturated/α-hetero) is 1. The molecule has 2 heterocycles. The number of aromatic nitrogens is 1. The summed E-state index contributed by atoms with van der Waals surface area (Å²) in [6.45, 7) is 3.31. The zero-order chi connectivity index (χ0) is 24.7. The molecule has 0 fully saturated rings. The molecule has 34 heavy (non-hydrogen) atoms. The molecule has 1 aliphatic heterocycles. The molecule has 1 aromatic carbocycles. The van der Waals surface area contributed by atoms with Gasteiger partial charge in [0.15, 0.2) is 5.78 Å². The Kier molecular flexibility index (Phi) is 8.60. The van der Waals surface area contributed by atoms with Crippen molar-refractivity contribution in [3.63, 3.8) is 0 Å². The molecule has 0 bridgehead atoms. The van der Waals surface area contributed by atoms with Gasteiger partial charge in [-0.1, -0.05) is 25.5 Å². The molecule has 1 aliphatic rings. The van der Waals surface area contributed by atoms with Gasteiger partial charge in [-0.15, -0.1) is 0 Å². The number of esters is 1. The minimum Gasteiger partial charge on any atom is -0.489 e. The highest BCUT2D eigenvalue weighted by Crippen LogP contribution is 2.31. The molecule has 10 heteroatoms. The quantitative estimate of drug-likeness (QED) is 0.333. The molecule has 0 saturated carbocycles. The Bertz CT molecular complexity index is 1050. The number of ketones is 1. The maximum atomic E-state index is 12.7. The molecule has 6 nitrogen and oxygen atoms in total. The molecule has 0 radical (unpaired) electrons. The van der Waals surface area contributed by atoms with Crippen LogP contribution >= 0.6 is 11.9 Å². The molecule has 0 spiro atoms. The first-order valence-corrected chi connectivity index (χ1v) is 11.6. The first-order valence-electron chi connectivity index (χ1n) is 10.8. The average Bonchev–Trinajstić information content (AvgIpc) is 2.78. The number of alkyl halides is 3. The lowest BCUT2D eigenvalue weighted by Gasteiger charge is -2.27. The standard InChI is InChI=1S/C24H25F3N2O4S/c1-3-5-19-12-21(32-14-15(2)30)20(23(31)33-19)11-16-6-4-7-18(10-16)29-34-22-9-8-17(13-28-22)24(25,26)27/h4,6-10,13,19,29H,3,5,11-12,14H2,1-2H3. The van der Waals surface area contributed by atoms with E-state index in [4.69, 9.17) is 9.47 Å². The van der Waals surface area contributed by atoms with Crippen LogP contribution in [0.25, 0.3) is 0 Å². The highest BCUT2D eigenvalue weighted by Gasteiger charge is 2.31. The highest BCUT2D eigenvalue weighted by atomic mass is 32.2. The van der Waals surface area contributed by atoms with Crippen LogP contribution in [-0.4, -0.2) is 29.4 Å². The van der Waals surface area contributed by atoms with E-state index in [1.54, 1.807) is 12.1 Å². The molecule has 3 rings (SSSR count). The van der Waals surface area contributed by atoms with E-state index >= 15 is 0 Å². The Morgan fingerprint density at radius 2 is 2.09 bits per heavy atom. The summed E-state index contributed by atoms with van der Waals surface area (Å²) in [4.78, 5) is 27.9. The zero-order valence-corrected chi connectivity index (χ0v) is 19.6. The Labute approximate surface area is 200 Å². The van der Waals surface area contributed by atoms with Gasteiger partial charge in [-0.2, -0.15) is 13.2 Å². The molecule has 0 amide bonds. The third kappa shape index (κ3) is 7.24. The fourth-order valence-corrected chi connectivity index (χ4v) is 3.96. The van der Waals surface area contributed by atoms with Crippen LogP contribution in [0.15, 0.2) is 59.0 Å². The van der Waals surface area contributed by atoms with Gasteiger partial charge < -0.3 is 14.2 Å². The van der Waals surface area contributed by atoms with Crippen molar-refractivity contribution in [1.29, 1.82) is 0 Å². The number of carbonyl (C=O) groups is 2. The van der Waals surface area contributed by atoms with Crippen LogP contribution in [0.2, 0.25) is 0 Å². The van der Waals surface area contributed by atoms with Gasteiger partial charge in [0.1, 0.15) is 23.5 Å². The number of hydrogen-bond acceptors (Lipinski definition) is 7. The smallest absolute Gasteiger partial charge is 0.417 e. The summed E-state index contributed by atoms with van der Waals surface area (Å²) in [5.41, 5.74) is 1.05. The van der Waals surface area contributed by atoms with Crippen molar-refractivity contribution in [2.75, 3.05) is 11.3 Å². The SMILES string of the molecule is CCCC1CC(OCC(C)=O)=C(Cc2cccc(NSc3ccc(C(F)(F)F)cn3)c2)C(=O)O1. The van der Waals surface area contributed by atoms with Gasteiger partial charge in [0.05, 0.1) is 11.1 Å². The van der Waals surface area contributed by atoms with Crippen LogP contribution in [0.1, 0.15) is 44.2 Å². The number of pyridine rings is 1. The molecular weight excluding hydrogens is 469 g/mol. The number of carbonyl (C=O) groups excluding carboxylic acids is 2. The van der Waals surface area contributed by atoms with Crippen LogP contribution in [-0.2, 0) is 31.7 Å². The Balaban J connectivity index is 1.71. The average molecular weight is 495 g/mol. The van der Waals surface area contributed by atoms with E-state index in [-0.39, 0.29) is 24.9 Å². The number of nitrogens with one attached hydrogen (secondary N) is 1. The maximum absolute atomic E-state index is 12.7. The topological polar surface area (TPSA) is 77.5 Å². The van der Waals surface area contributed by atoms with Crippen molar-refractivity contribution < 1.29 is 32.2 Å². The van der Waals surface area contributed by atoms with E-state index in [9.17, 15) is 22.8 Å². The van der Waals surface area contributed by atoms with E-state index in [0.29, 0.717) is 34.9 Å². The van der Waals surface area contributed by atoms with E-state index in [1.807, 2.05) is 19.1 Å². The molecule has 1 unspecified atom stereocenters. The molecule has 2 aromatic rings. The summed E-state index contributed by atoms with van der Waals surface area (Å²) in [5.74, 6) is -0.116. The Morgan fingerprint density at radius 3 is 2.74 bits per heavy atom. The van der Waals surface area contributed by atoms with Crippen LogP contribution in [0, 0.1) is 0 Å². The molecule has 0 saturated heterocycles. The summed E-state index contributed by atoms with van der Waals surface area (Å²) in [6, 6.07) is 9.51. The lowest BCUT2D eigenvalue weighted by Crippen LogP contribution is -2.29. The highest BCUT2D eigenvalue weighted by molar-refractivity contribution is 8.00. The van der Waals surface area contributed by atoms with E-state index in [0.717, 1.165) is 36.2 Å². The third-order valence-corrected chi connectivity index (χ3v) is 5.76. The fourth-order valence-electron chi connectivity index (χ4n) is 3.36. The molecule has 1 aromatic heterocycles. The minimum absolute atomic E-state index is 0.108. The van der Waals surface area contributed by atoms with Gasteiger partial charge in [-0.05, 0) is 43.2 Å². The van der Waals surface area contributed by atoms with Crippen molar-refractivity contribution in [2.45, 2.75) is 56.8 Å². The summed E-state index contributed by atoms with van der Waals surface area (Å²) < 4.78 is 52.3. The second kappa shape index (κ2) is 11.4. The van der Waals surface area contributed by atoms with Gasteiger partial charge in [-0.3, -0.25) is 4.79 Å². The lowest BCUT2D eigenvalue weighted by molar-refractivity contribution is -0.148. The number of nitrogens with zero attached hydrogens (tertiary/aromatic N) is 1. The second-order valence-electron chi connectivity index (χ2n) is 7.88. The van der Waals surface area contributed by atoms with Gasteiger partial charge >= 0.3 is 12.1 Å². The predicted molar refractivity (Wildman–Crippen MR) is 122 cm³/mol. The van der Waals surface area contributed by atoms with Gasteiger partial charge in [0.2, 0.25) is 0 Å². The number of anilines is 1. The Hall–Kier alpha value is -3.01. The van der Waals surface area contributed by atoms with Crippen LogP contribution in [0.3, 0.4) is 0 Å². The van der Waals surface area contributed by atoms with Gasteiger partial charge in [0, 0.05) is 36.7 Å². The van der Waals surface area contributed by atoms with Crippen molar-refractivity contribution >= 4 is 29.4 Å². The van der Waals surface area contributed by atoms with Crippen molar-refractivity contribution in [2.24, 2.45) is 0 Å². The molecule has 1 N–H and O–H groups in total. The van der Waals surface area contributed by atoms with Crippen LogP contribution in [0.4, 0.5) is 18.9 Å². The molecule has 1 atom stereocenters.